The third-order valence-corrected chi connectivity index (χ3v) is 5.03. The van der Waals surface area contributed by atoms with E-state index in [1.807, 2.05) is 0 Å². The van der Waals surface area contributed by atoms with E-state index in [1.54, 1.807) is 11.3 Å². The first kappa shape index (κ1) is 11.6. The normalized spacial score (nSPS) is 15.1. The molecule has 3 rings (SSSR count). The van der Waals surface area contributed by atoms with E-state index >= 15 is 0 Å². The molecule has 0 spiro atoms. The molecule has 6 heteroatoms. The van der Waals surface area contributed by atoms with E-state index < -0.39 is 0 Å². The highest BCUT2D eigenvalue weighted by molar-refractivity contribution is 9.11. The van der Waals surface area contributed by atoms with Gasteiger partial charge in [-0.05, 0) is 47.3 Å². The molecular weight excluding hydrogens is 318 g/mol. The van der Waals surface area contributed by atoms with E-state index in [0.29, 0.717) is 5.92 Å². The fraction of sp³-hybridized carbons (Fsp3) is 0.455. The predicted molar refractivity (Wildman–Crippen MR) is 76.1 cm³/mol. The number of nitrogens with zero attached hydrogens (tertiary/aromatic N) is 2. The Morgan fingerprint density at radius 3 is 3.00 bits per heavy atom. The SMILES string of the molecule is Brc1ccc(CCNc2nc(C3CC3)ns2)s1. The van der Waals surface area contributed by atoms with E-state index in [-0.39, 0.29) is 0 Å². The lowest BCUT2D eigenvalue weighted by Crippen LogP contribution is -2.03. The summed E-state index contributed by atoms with van der Waals surface area (Å²) in [6.45, 7) is 0.923. The lowest BCUT2D eigenvalue weighted by molar-refractivity contribution is 0.973. The van der Waals surface area contributed by atoms with Crippen LogP contribution in [0.2, 0.25) is 0 Å². The highest BCUT2D eigenvalue weighted by atomic mass is 79.9. The second-order valence-corrected chi connectivity index (χ2v) is 7.41. The molecule has 0 unspecified atom stereocenters. The number of hydrogen-bond acceptors (Lipinski definition) is 5. The minimum atomic E-state index is 0.648. The molecule has 1 saturated carbocycles. The van der Waals surface area contributed by atoms with Crippen molar-refractivity contribution in [2.45, 2.75) is 25.2 Å². The van der Waals surface area contributed by atoms with Crippen molar-refractivity contribution in [3.05, 3.63) is 26.6 Å². The molecule has 90 valence electrons. The van der Waals surface area contributed by atoms with Crippen LogP contribution in [-0.2, 0) is 6.42 Å². The summed E-state index contributed by atoms with van der Waals surface area (Å²) in [4.78, 5) is 5.88. The molecule has 1 aliphatic rings. The number of aromatic nitrogens is 2. The maximum atomic E-state index is 4.50. The Kier molecular flexibility index (Phi) is 3.44. The zero-order chi connectivity index (χ0) is 11.7. The topological polar surface area (TPSA) is 37.8 Å². The van der Waals surface area contributed by atoms with Gasteiger partial charge in [-0.15, -0.1) is 11.3 Å². The molecule has 1 aliphatic carbocycles. The third-order valence-electron chi connectivity index (χ3n) is 2.66. The molecule has 0 atom stereocenters. The summed E-state index contributed by atoms with van der Waals surface area (Å²) in [6, 6.07) is 4.25. The molecule has 2 heterocycles. The van der Waals surface area contributed by atoms with Crippen LogP contribution < -0.4 is 5.32 Å². The average molecular weight is 330 g/mol. The fourth-order valence-corrected chi connectivity index (χ4v) is 3.75. The van der Waals surface area contributed by atoms with E-state index in [9.17, 15) is 0 Å². The summed E-state index contributed by atoms with van der Waals surface area (Å²) < 4.78 is 5.57. The third kappa shape index (κ3) is 3.05. The summed E-state index contributed by atoms with van der Waals surface area (Å²) in [7, 11) is 0. The number of thiophene rings is 1. The molecule has 2 aromatic heterocycles. The second-order valence-electron chi connectivity index (χ2n) is 4.11. The maximum absolute atomic E-state index is 4.50. The van der Waals surface area contributed by atoms with Crippen LogP contribution in [0.1, 0.15) is 29.5 Å². The van der Waals surface area contributed by atoms with Crippen molar-refractivity contribution in [3.8, 4) is 0 Å². The quantitative estimate of drug-likeness (QED) is 0.904. The molecule has 0 aromatic carbocycles. The summed E-state index contributed by atoms with van der Waals surface area (Å²) in [5, 5.41) is 4.30. The lowest BCUT2D eigenvalue weighted by atomic mass is 10.3. The van der Waals surface area contributed by atoms with Gasteiger partial charge < -0.3 is 5.32 Å². The summed E-state index contributed by atoms with van der Waals surface area (Å²) in [5.74, 6) is 1.69. The van der Waals surface area contributed by atoms with Gasteiger partial charge in [0.2, 0.25) is 5.13 Å². The minimum absolute atomic E-state index is 0.648. The molecule has 17 heavy (non-hydrogen) atoms. The van der Waals surface area contributed by atoms with Gasteiger partial charge in [-0.1, -0.05) is 0 Å². The number of halogens is 1. The molecular formula is C11H12BrN3S2. The first-order chi connectivity index (χ1) is 8.31. The largest absolute Gasteiger partial charge is 0.360 e. The van der Waals surface area contributed by atoms with E-state index in [2.05, 4.69) is 42.7 Å². The molecule has 0 amide bonds. The van der Waals surface area contributed by atoms with Crippen molar-refractivity contribution in [1.29, 1.82) is 0 Å². The number of hydrogen-bond donors (Lipinski definition) is 1. The molecule has 0 radical (unpaired) electrons. The minimum Gasteiger partial charge on any atom is -0.360 e. The molecule has 3 nitrogen and oxygen atoms in total. The van der Waals surface area contributed by atoms with Crippen LogP contribution in [0.3, 0.4) is 0 Å². The predicted octanol–water partition coefficient (Wildman–Crippen LogP) is 3.89. The number of rotatable bonds is 5. The van der Waals surface area contributed by atoms with Gasteiger partial charge in [0.05, 0.1) is 3.79 Å². The van der Waals surface area contributed by atoms with Crippen LogP contribution >= 0.6 is 38.8 Å². The Morgan fingerprint density at radius 2 is 2.29 bits per heavy atom. The van der Waals surface area contributed by atoms with Crippen molar-refractivity contribution in [2.75, 3.05) is 11.9 Å². The van der Waals surface area contributed by atoms with Crippen LogP contribution in [0.5, 0.6) is 0 Å². The Morgan fingerprint density at radius 1 is 1.41 bits per heavy atom. The van der Waals surface area contributed by atoms with Crippen molar-refractivity contribution in [3.63, 3.8) is 0 Å². The van der Waals surface area contributed by atoms with Gasteiger partial charge in [0, 0.05) is 28.9 Å². The van der Waals surface area contributed by atoms with Crippen LogP contribution in [0, 0.1) is 0 Å². The van der Waals surface area contributed by atoms with Gasteiger partial charge in [-0.25, -0.2) is 4.98 Å². The highest BCUT2D eigenvalue weighted by Gasteiger charge is 2.27. The smallest absolute Gasteiger partial charge is 0.202 e. The van der Waals surface area contributed by atoms with Crippen molar-refractivity contribution in [1.82, 2.24) is 9.36 Å². The Bertz CT molecular complexity index is 504. The van der Waals surface area contributed by atoms with Gasteiger partial charge in [0.25, 0.3) is 0 Å². The number of anilines is 1. The van der Waals surface area contributed by atoms with E-state index in [4.69, 9.17) is 0 Å². The van der Waals surface area contributed by atoms with Crippen molar-refractivity contribution in [2.24, 2.45) is 0 Å². The lowest BCUT2D eigenvalue weighted by Gasteiger charge is -1.99. The van der Waals surface area contributed by atoms with Crippen LogP contribution in [0.25, 0.3) is 0 Å². The molecule has 2 aromatic rings. The molecule has 0 aliphatic heterocycles. The van der Waals surface area contributed by atoms with Crippen LogP contribution in [0.4, 0.5) is 5.13 Å². The standard InChI is InChI=1S/C11H12BrN3S2/c12-9-4-3-8(16-9)5-6-13-11-14-10(15-17-11)7-1-2-7/h3-4,7H,1-2,5-6H2,(H,13,14,15). The number of nitrogens with one attached hydrogen (secondary N) is 1. The fourth-order valence-electron chi connectivity index (χ4n) is 1.59. The summed E-state index contributed by atoms with van der Waals surface area (Å²) >= 11 is 6.74. The van der Waals surface area contributed by atoms with Crippen LogP contribution in [-0.4, -0.2) is 15.9 Å². The van der Waals surface area contributed by atoms with Gasteiger partial charge in [0.1, 0.15) is 5.82 Å². The van der Waals surface area contributed by atoms with E-state index in [0.717, 1.165) is 23.9 Å². The first-order valence-corrected chi connectivity index (χ1v) is 8.01. The Labute approximate surface area is 117 Å². The zero-order valence-electron chi connectivity index (χ0n) is 9.15. The zero-order valence-corrected chi connectivity index (χ0v) is 12.4. The summed E-state index contributed by atoms with van der Waals surface area (Å²) in [5.41, 5.74) is 0. The maximum Gasteiger partial charge on any atom is 0.202 e. The Hall–Kier alpha value is -0.460. The molecule has 0 saturated heterocycles. The van der Waals surface area contributed by atoms with Gasteiger partial charge in [-0.2, -0.15) is 4.37 Å². The average Bonchev–Trinajstić information content (AvgIpc) is 2.93. The van der Waals surface area contributed by atoms with Gasteiger partial charge in [-0.3, -0.25) is 0 Å². The van der Waals surface area contributed by atoms with Gasteiger partial charge in [0.15, 0.2) is 0 Å². The monoisotopic (exact) mass is 329 g/mol. The Balaban J connectivity index is 1.49. The summed E-state index contributed by atoms with van der Waals surface area (Å²) in [6.07, 6.45) is 3.56. The molecule has 0 bridgehead atoms. The van der Waals surface area contributed by atoms with Crippen LogP contribution in [0.15, 0.2) is 15.9 Å². The first-order valence-electron chi connectivity index (χ1n) is 5.63. The highest BCUT2D eigenvalue weighted by Crippen LogP contribution is 2.39. The molecule has 1 fully saturated rings. The van der Waals surface area contributed by atoms with Crippen molar-refractivity contribution >= 4 is 43.9 Å². The second kappa shape index (κ2) is 5.04. The van der Waals surface area contributed by atoms with Gasteiger partial charge >= 0.3 is 0 Å². The molecule has 1 N–H and O–H groups in total. The van der Waals surface area contributed by atoms with E-state index in [1.165, 1.54) is 33.0 Å². The van der Waals surface area contributed by atoms with Crippen molar-refractivity contribution < 1.29 is 0 Å².